The van der Waals surface area contributed by atoms with Gasteiger partial charge in [0.05, 0.1) is 4.88 Å². The number of oxazole rings is 1. The highest BCUT2D eigenvalue weighted by molar-refractivity contribution is 7.13. The Morgan fingerprint density at radius 2 is 2.27 bits per heavy atom. The number of thiophene rings is 1. The van der Waals surface area contributed by atoms with Crippen LogP contribution >= 0.6 is 22.9 Å². The molecule has 0 aliphatic heterocycles. The van der Waals surface area contributed by atoms with E-state index in [9.17, 15) is 0 Å². The van der Waals surface area contributed by atoms with Crippen molar-refractivity contribution in [1.82, 2.24) is 20.1 Å². The van der Waals surface area contributed by atoms with E-state index in [0.717, 1.165) is 4.88 Å². The summed E-state index contributed by atoms with van der Waals surface area (Å²) in [5, 5.41) is 10.5. The third-order valence-corrected chi connectivity index (χ3v) is 4.09. The molecular weight excluding hydrogens is 324 g/mol. The highest BCUT2D eigenvalue weighted by Gasteiger charge is 2.10. The predicted molar refractivity (Wildman–Crippen MR) is 82.6 cm³/mol. The predicted octanol–water partition coefficient (Wildman–Crippen LogP) is 3.43. The zero-order valence-electron chi connectivity index (χ0n) is 11.1. The quantitative estimate of drug-likeness (QED) is 0.573. The second-order valence-corrected chi connectivity index (χ2v) is 5.87. The molecule has 22 heavy (non-hydrogen) atoms. The standard InChI is InChI=1S/C14H9ClN4O2S/c15-9-3-4-11-12(6-9)19(18-17-11)21-8-10-7-20-14(16-10)13-2-1-5-22-13/h1-7H,8H2. The van der Waals surface area contributed by atoms with Gasteiger partial charge < -0.3 is 9.25 Å². The summed E-state index contributed by atoms with van der Waals surface area (Å²) in [4.78, 5) is 12.3. The van der Waals surface area contributed by atoms with Gasteiger partial charge in [0.15, 0.2) is 6.61 Å². The Kier molecular flexibility index (Phi) is 3.28. The number of aromatic nitrogens is 4. The Hall–Kier alpha value is -2.38. The fourth-order valence-electron chi connectivity index (χ4n) is 1.98. The van der Waals surface area contributed by atoms with E-state index in [1.165, 1.54) is 4.85 Å². The highest BCUT2D eigenvalue weighted by atomic mass is 35.5. The van der Waals surface area contributed by atoms with Gasteiger partial charge in [-0.15, -0.1) is 16.4 Å². The first-order valence-corrected chi connectivity index (χ1v) is 7.68. The molecule has 0 unspecified atom stereocenters. The number of fused-ring (bicyclic) bond motifs is 1. The van der Waals surface area contributed by atoms with E-state index in [0.29, 0.717) is 27.6 Å². The van der Waals surface area contributed by atoms with Crippen molar-refractivity contribution >= 4 is 34.0 Å². The monoisotopic (exact) mass is 332 g/mol. The molecule has 0 atom stereocenters. The topological polar surface area (TPSA) is 66.0 Å². The molecule has 0 aliphatic rings. The minimum atomic E-state index is 0.222. The molecule has 0 N–H and O–H groups in total. The molecule has 4 rings (SSSR count). The Bertz CT molecular complexity index is 916. The zero-order valence-corrected chi connectivity index (χ0v) is 12.7. The van der Waals surface area contributed by atoms with Gasteiger partial charge in [0.2, 0.25) is 5.89 Å². The maximum absolute atomic E-state index is 5.97. The van der Waals surface area contributed by atoms with Gasteiger partial charge in [-0.1, -0.05) is 22.5 Å². The van der Waals surface area contributed by atoms with Crippen molar-refractivity contribution in [2.45, 2.75) is 6.61 Å². The van der Waals surface area contributed by atoms with E-state index in [1.54, 1.807) is 35.8 Å². The van der Waals surface area contributed by atoms with E-state index in [2.05, 4.69) is 15.3 Å². The molecule has 0 saturated heterocycles. The van der Waals surface area contributed by atoms with Gasteiger partial charge in [-0.3, -0.25) is 0 Å². The Morgan fingerprint density at radius 1 is 1.32 bits per heavy atom. The average Bonchev–Trinajstić information content (AvgIpc) is 3.25. The molecule has 3 aromatic heterocycles. The van der Waals surface area contributed by atoms with Crippen LogP contribution < -0.4 is 4.84 Å². The van der Waals surface area contributed by atoms with Crippen LogP contribution in [0.4, 0.5) is 0 Å². The van der Waals surface area contributed by atoms with E-state index >= 15 is 0 Å². The van der Waals surface area contributed by atoms with Crippen LogP contribution in [0.5, 0.6) is 0 Å². The molecular formula is C14H9ClN4O2S. The average molecular weight is 333 g/mol. The van der Waals surface area contributed by atoms with Crippen LogP contribution in [0.25, 0.3) is 21.8 Å². The van der Waals surface area contributed by atoms with Crippen LogP contribution in [-0.2, 0) is 6.61 Å². The lowest BCUT2D eigenvalue weighted by molar-refractivity contribution is 0.0731. The molecule has 0 spiro atoms. The first kappa shape index (κ1) is 13.3. The van der Waals surface area contributed by atoms with Crippen molar-refractivity contribution in [1.29, 1.82) is 0 Å². The first-order valence-electron chi connectivity index (χ1n) is 6.42. The van der Waals surface area contributed by atoms with Crippen molar-refractivity contribution in [2.24, 2.45) is 0 Å². The summed E-state index contributed by atoms with van der Waals surface area (Å²) in [6.07, 6.45) is 1.57. The van der Waals surface area contributed by atoms with E-state index in [4.69, 9.17) is 20.9 Å². The maximum Gasteiger partial charge on any atom is 0.236 e. The summed E-state index contributed by atoms with van der Waals surface area (Å²) in [5.41, 5.74) is 2.09. The van der Waals surface area contributed by atoms with E-state index in [-0.39, 0.29) is 6.61 Å². The van der Waals surface area contributed by atoms with Crippen LogP contribution in [0, 0.1) is 0 Å². The van der Waals surface area contributed by atoms with Crippen LogP contribution in [0.3, 0.4) is 0 Å². The normalized spacial score (nSPS) is 11.1. The van der Waals surface area contributed by atoms with Gasteiger partial charge in [0.25, 0.3) is 0 Å². The second-order valence-electron chi connectivity index (χ2n) is 4.49. The summed E-state index contributed by atoms with van der Waals surface area (Å²) in [6.45, 7) is 0.222. The molecule has 1 aromatic carbocycles. The van der Waals surface area contributed by atoms with Crippen LogP contribution in [0.1, 0.15) is 5.69 Å². The highest BCUT2D eigenvalue weighted by Crippen LogP contribution is 2.23. The van der Waals surface area contributed by atoms with Gasteiger partial charge in [0, 0.05) is 5.02 Å². The minimum absolute atomic E-state index is 0.222. The number of rotatable bonds is 4. The summed E-state index contributed by atoms with van der Waals surface area (Å²) < 4.78 is 5.44. The van der Waals surface area contributed by atoms with Crippen LogP contribution in [0.15, 0.2) is 46.4 Å². The smallest absolute Gasteiger partial charge is 0.236 e. The van der Waals surface area contributed by atoms with Crippen molar-refractivity contribution in [3.8, 4) is 10.8 Å². The third-order valence-electron chi connectivity index (χ3n) is 3.00. The Morgan fingerprint density at radius 3 is 3.14 bits per heavy atom. The molecule has 0 radical (unpaired) electrons. The zero-order chi connectivity index (χ0) is 14.9. The minimum Gasteiger partial charge on any atom is -0.443 e. The number of nitrogens with zero attached hydrogens (tertiary/aromatic N) is 4. The molecule has 6 nitrogen and oxygen atoms in total. The summed E-state index contributed by atoms with van der Waals surface area (Å²) in [6, 6.07) is 9.19. The van der Waals surface area contributed by atoms with Crippen molar-refractivity contribution in [3.05, 3.63) is 52.7 Å². The molecule has 0 aliphatic carbocycles. The molecule has 110 valence electrons. The van der Waals surface area contributed by atoms with Crippen molar-refractivity contribution < 1.29 is 9.25 Å². The fourth-order valence-corrected chi connectivity index (χ4v) is 2.80. The molecule has 3 heterocycles. The van der Waals surface area contributed by atoms with Crippen LogP contribution in [0.2, 0.25) is 5.02 Å². The molecule has 0 saturated carbocycles. The molecule has 4 aromatic rings. The Balaban J connectivity index is 1.53. The fraction of sp³-hybridized carbons (Fsp3) is 0.0714. The van der Waals surface area contributed by atoms with Gasteiger partial charge >= 0.3 is 0 Å². The molecule has 0 amide bonds. The second kappa shape index (κ2) is 5.43. The summed E-state index contributed by atoms with van der Waals surface area (Å²) in [7, 11) is 0. The van der Waals surface area contributed by atoms with Gasteiger partial charge in [-0.2, -0.15) is 0 Å². The lowest BCUT2D eigenvalue weighted by Crippen LogP contribution is -2.13. The maximum atomic E-state index is 5.97. The van der Waals surface area contributed by atoms with Gasteiger partial charge in [0.1, 0.15) is 23.0 Å². The summed E-state index contributed by atoms with van der Waals surface area (Å²) in [5.74, 6) is 0.583. The van der Waals surface area contributed by atoms with Gasteiger partial charge in [-0.25, -0.2) is 4.98 Å². The third kappa shape index (κ3) is 2.44. The molecule has 0 bridgehead atoms. The molecule has 8 heteroatoms. The van der Waals surface area contributed by atoms with E-state index < -0.39 is 0 Å². The van der Waals surface area contributed by atoms with Crippen molar-refractivity contribution in [3.63, 3.8) is 0 Å². The first-order chi connectivity index (χ1) is 10.8. The largest absolute Gasteiger partial charge is 0.443 e. The lowest BCUT2D eigenvalue weighted by Gasteiger charge is -2.02. The van der Waals surface area contributed by atoms with Crippen molar-refractivity contribution in [2.75, 3.05) is 0 Å². The molecule has 0 fully saturated rings. The van der Waals surface area contributed by atoms with Gasteiger partial charge in [-0.05, 0) is 34.9 Å². The number of hydrogen-bond acceptors (Lipinski definition) is 6. The Labute approximate surface area is 133 Å². The lowest BCUT2D eigenvalue weighted by atomic mass is 10.3. The number of benzene rings is 1. The van der Waals surface area contributed by atoms with Crippen LogP contribution in [-0.4, -0.2) is 20.1 Å². The SMILES string of the molecule is Clc1ccc2nnn(OCc3coc(-c4cccs4)n3)c2c1. The van der Waals surface area contributed by atoms with E-state index in [1.807, 2.05) is 17.5 Å². The number of halogens is 1. The summed E-state index contributed by atoms with van der Waals surface area (Å²) >= 11 is 7.54. The number of hydrogen-bond donors (Lipinski definition) is 0.